The molecule has 2 atom stereocenters. The Balaban J connectivity index is 1.90. The standard InChI is InChI=1S/C18H24N4O3/c1-12(24-14(3)23)13(2)25-17-15-6-4-5-7-16(15)20-18(21-17)22-10-8-19-9-11-22/h4-7,12-13,19H,8-11H2,1-3H3/t12-,13-/m1/s1. The molecule has 0 aliphatic carbocycles. The molecule has 25 heavy (non-hydrogen) atoms. The normalized spacial score (nSPS) is 17.2. The van der Waals surface area contributed by atoms with Gasteiger partial charge in [-0.25, -0.2) is 4.98 Å². The number of esters is 1. The summed E-state index contributed by atoms with van der Waals surface area (Å²) < 4.78 is 11.3. The highest BCUT2D eigenvalue weighted by atomic mass is 16.6. The van der Waals surface area contributed by atoms with Crippen LogP contribution in [0.4, 0.5) is 5.95 Å². The van der Waals surface area contributed by atoms with Crippen molar-refractivity contribution in [1.29, 1.82) is 0 Å². The summed E-state index contributed by atoms with van der Waals surface area (Å²) in [6.07, 6.45) is -0.688. The lowest BCUT2D eigenvalue weighted by Crippen LogP contribution is -2.44. The first-order valence-electron chi connectivity index (χ1n) is 8.61. The van der Waals surface area contributed by atoms with Crippen LogP contribution in [0.5, 0.6) is 5.88 Å². The van der Waals surface area contributed by atoms with Crippen LogP contribution < -0.4 is 15.0 Å². The highest BCUT2D eigenvalue weighted by Gasteiger charge is 2.21. The molecule has 1 aromatic carbocycles. The van der Waals surface area contributed by atoms with Crippen LogP contribution in [-0.2, 0) is 9.53 Å². The monoisotopic (exact) mass is 344 g/mol. The Morgan fingerprint density at radius 1 is 1.16 bits per heavy atom. The Kier molecular flexibility index (Phi) is 5.33. The maximum absolute atomic E-state index is 11.2. The van der Waals surface area contributed by atoms with Crippen molar-refractivity contribution in [2.45, 2.75) is 33.0 Å². The molecule has 0 radical (unpaired) electrons. The van der Waals surface area contributed by atoms with E-state index in [1.54, 1.807) is 0 Å². The van der Waals surface area contributed by atoms with Gasteiger partial charge < -0.3 is 19.7 Å². The van der Waals surface area contributed by atoms with Gasteiger partial charge in [0.2, 0.25) is 11.8 Å². The number of ether oxygens (including phenoxy) is 2. The van der Waals surface area contributed by atoms with E-state index in [0.29, 0.717) is 11.8 Å². The summed E-state index contributed by atoms with van der Waals surface area (Å²) in [5, 5.41) is 4.17. The summed E-state index contributed by atoms with van der Waals surface area (Å²) in [6.45, 7) is 8.61. The zero-order valence-electron chi connectivity index (χ0n) is 14.9. The van der Waals surface area contributed by atoms with Gasteiger partial charge in [-0.1, -0.05) is 12.1 Å². The number of carbonyl (C=O) groups excluding carboxylic acids is 1. The number of hydrogen-bond donors (Lipinski definition) is 1. The fourth-order valence-corrected chi connectivity index (χ4v) is 2.76. The minimum atomic E-state index is -0.367. The van der Waals surface area contributed by atoms with Gasteiger partial charge in [0.25, 0.3) is 0 Å². The number of hydrogen-bond acceptors (Lipinski definition) is 7. The first-order chi connectivity index (χ1) is 12.0. The second-order valence-electron chi connectivity index (χ2n) is 6.22. The highest BCUT2D eigenvalue weighted by molar-refractivity contribution is 5.84. The number of nitrogens with one attached hydrogen (secondary N) is 1. The maximum atomic E-state index is 11.2. The molecule has 2 heterocycles. The van der Waals surface area contributed by atoms with E-state index >= 15 is 0 Å². The van der Waals surface area contributed by atoms with E-state index in [0.717, 1.165) is 37.1 Å². The second-order valence-corrected chi connectivity index (χ2v) is 6.22. The van der Waals surface area contributed by atoms with Gasteiger partial charge >= 0.3 is 5.97 Å². The minimum absolute atomic E-state index is 0.321. The SMILES string of the molecule is CC(=O)O[C@H](C)[C@@H](C)Oc1nc(N2CCNCC2)nc2ccccc12. The predicted octanol–water partition coefficient (Wildman–Crippen LogP) is 1.76. The van der Waals surface area contributed by atoms with Gasteiger partial charge in [0.05, 0.1) is 10.9 Å². The van der Waals surface area contributed by atoms with Gasteiger partial charge in [0.1, 0.15) is 12.2 Å². The summed E-state index contributed by atoms with van der Waals surface area (Å²) >= 11 is 0. The Morgan fingerprint density at radius 3 is 2.60 bits per heavy atom. The largest absolute Gasteiger partial charge is 0.470 e. The zero-order valence-corrected chi connectivity index (χ0v) is 14.9. The number of anilines is 1. The molecule has 1 saturated heterocycles. The number of piperazine rings is 1. The van der Waals surface area contributed by atoms with Crippen LogP contribution in [0.2, 0.25) is 0 Å². The molecule has 0 unspecified atom stereocenters. The van der Waals surface area contributed by atoms with Gasteiger partial charge in [0, 0.05) is 33.1 Å². The molecule has 134 valence electrons. The number of para-hydroxylation sites is 1. The molecule has 1 aliphatic rings. The third-order valence-electron chi connectivity index (χ3n) is 4.27. The number of fused-ring (bicyclic) bond motifs is 1. The molecule has 3 rings (SSSR count). The van der Waals surface area contributed by atoms with Crippen molar-refractivity contribution in [3.05, 3.63) is 24.3 Å². The highest BCUT2D eigenvalue weighted by Crippen LogP contribution is 2.27. The summed E-state index contributed by atoms with van der Waals surface area (Å²) in [5.41, 5.74) is 0.841. The lowest BCUT2D eigenvalue weighted by atomic mass is 10.2. The maximum Gasteiger partial charge on any atom is 0.303 e. The van der Waals surface area contributed by atoms with Gasteiger partial charge in [-0.05, 0) is 26.0 Å². The molecule has 2 aromatic rings. The molecule has 1 fully saturated rings. The van der Waals surface area contributed by atoms with Crippen LogP contribution in [-0.4, -0.2) is 54.3 Å². The van der Waals surface area contributed by atoms with Crippen LogP contribution in [0.15, 0.2) is 24.3 Å². The van der Waals surface area contributed by atoms with Crippen LogP contribution in [0, 0.1) is 0 Å². The lowest BCUT2D eigenvalue weighted by molar-refractivity contribution is -0.149. The molecular weight excluding hydrogens is 320 g/mol. The molecular formula is C18H24N4O3. The van der Waals surface area contributed by atoms with Crippen molar-refractivity contribution in [2.75, 3.05) is 31.1 Å². The van der Waals surface area contributed by atoms with E-state index < -0.39 is 0 Å². The van der Waals surface area contributed by atoms with Crippen molar-refractivity contribution >= 4 is 22.8 Å². The molecule has 1 aliphatic heterocycles. The van der Waals surface area contributed by atoms with Crippen molar-refractivity contribution in [3.63, 3.8) is 0 Å². The van der Waals surface area contributed by atoms with Crippen LogP contribution >= 0.6 is 0 Å². The molecule has 0 saturated carbocycles. The number of aromatic nitrogens is 2. The molecule has 0 amide bonds. The van der Waals surface area contributed by atoms with E-state index in [9.17, 15) is 4.79 Å². The second kappa shape index (κ2) is 7.65. The predicted molar refractivity (Wildman–Crippen MR) is 95.9 cm³/mol. The molecule has 7 heteroatoms. The van der Waals surface area contributed by atoms with Crippen LogP contribution in [0.1, 0.15) is 20.8 Å². The number of carbonyl (C=O) groups is 1. The Labute approximate surface area is 147 Å². The Morgan fingerprint density at radius 2 is 1.88 bits per heavy atom. The van der Waals surface area contributed by atoms with E-state index in [1.807, 2.05) is 38.1 Å². The fraction of sp³-hybridized carbons (Fsp3) is 0.500. The summed E-state index contributed by atoms with van der Waals surface area (Å²) in [5.74, 6) is 0.866. The molecule has 0 spiro atoms. The number of nitrogens with zero attached hydrogens (tertiary/aromatic N) is 3. The molecule has 7 nitrogen and oxygen atoms in total. The van der Waals surface area contributed by atoms with Gasteiger partial charge in [0.15, 0.2) is 0 Å². The van der Waals surface area contributed by atoms with Crippen molar-refractivity contribution in [3.8, 4) is 5.88 Å². The van der Waals surface area contributed by atoms with E-state index in [1.165, 1.54) is 6.92 Å². The molecule has 1 N–H and O–H groups in total. The van der Waals surface area contributed by atoms with Gasteiger partial charge in [-0.3, -0.25) is 4.79 Å². The van der Waals surface area contributed by atoms with E-state index in [2.05, 4.69) is 20.2 Å². The van der Waals surface area contributed by atoms with Crippen molar-refractivity contribution in [2.24, 2.45) is 0 Å². The summed E-state index contributed by atoms with van der Waals surface area (Å²) in [6, 6.07) is 7.78. The number of rotatable bonds is 5. The summed E-state index contributed by atoms with van der Waals surface area (Å²) in [4.78, 5) is 22.6. The van der Waals surface area contributed by atoms with Crippen molar-refractivity contribution in [1.82, 2.24) is 15.3 Å². The fourth-order valence-electron chi connectivity index (χ4n) is 2.76. The first kappa shape index (κ1) is 17.4. The Bertz CT molecular complexity index is 746. The van der Waals surface area contributed by atoms with Crippen LogP contribution in [0.3, 0.4) is 0 Å². The van der Waals surface area contributed by atoms with Crippen molar-refractivity contribution < 1.29 is 14.3 Å². The topological polar surface area (TPSA) is 76.6 Å². The Hall–Kier alpha value is -2.41. The van der Waals surface area contributed by atoms with Crippen LogP contribution in [0.25, 0.3) is 10.9 Å². The minimum Gasteiger partial charge on any atom is -0.470 e. The lowest BCUT2D eigenvalue weighted by Gasteiger charge is -2.28. The first-order valence-corrected chi connectivity index (χ1v) is 8.61. The molecule has 1 aromatic heterocycles. The average molecular weight is 344 g/mol. The van der Waals surface area contributed by atoms with E-state index in [4.69, 9.17) is 9.47 Å². The average Bonchev–Trinajstić information content (AvgIpc) is 2.61. The number of benzene rings is 1. The van der Waals surface area contributed by atoms with Gasteiger partial charge in [-0.15, -0.1) is 0 Å². The smallest absolute Gasteiger partial charge is 0.303 e. The zero-order chi connectivity index (χ0) is 17.8. The molecule has 0 bridgehead atoms. The quantitative estimate of drug-likeness (QED) is 0.828. The third-order valence-corrected chi connectivity index (χ3v) is 4.27. The third kappa shape index (κ3) is 4.17. The van der Waals surface area contributed by atoms with Gasteiger partial charge in [-0.2, -0.15) is 4.98 Å². The van der Waals surface area contributed by atoms with E-state index in [-0.39, 0.29) is 18.2 Å². The summed E-state index contributed by atoms with van der Waals surface area (Å²) in [7, 11) is 0.